The number of benzene rings is 2. The average molecular weight is 685 g/mol. The molecule has 0 saturated heterocycles. The van der Waals surface area contributed by atoms with E-state index in [4.69, 9.17) is 15.2 Å². The Hall–Kier alpha value is -4.58. The van der Waals surface area contributed by atoms with Gasteiger partial charge in [-0.1, -0.05) is 0 Å². The Balaban J connectivity index is 0.000000269. The van der Waals surface area contributed by atoms with Gasteiger partial charge in [-0.05, 0) is 53.9 Å². The molecule has 15 nitrogen and oxygen atoms in total. The highest BCUT2D eigenvalue weighted by Gasteiger charge is 2.40. The van der Waals surface area contributed by atoms with E-state index in [0.717, 1.165) is 50.5 Å². The van der Waals surface area contributed by atoms with E-state index in [0.29, 0.717) is 24.5 Å². The van der Waals surface area contributed by atoms with Crippen molar-refractivity contribution in [2.24, 2.45) is 0 Å². The summed E-state index contributed by atoms with van der Waals surface area (Å²) in [7, 11) is 11.2. The summed E-state index contributed by atoms with van der Waals surface area (Å²) in [5.41, 5.74) is 6.47. The van der Waals surface area contributed by atoms with Crippen LogP contribution in [0.5, 0.6) is 11.5 Å². The van der Waals surface area contributed by atoms with Crippen molar-refractivity contribution in [1.29, 1.82) is 0 Å². The molecule has 2 fully saturated rings. The molecule has 3 N–H and O–H groups in total. The maximum atomic E-state index is 12.6. The molecular formula is C30H43F3N8O7. The third-order valence-corrected chi connectivity index (χ3v) is 7.31. The van der Waals surface area contributed by atoms with Crippen molar-refractivity contribution in [3.8, 4) is 11.5 Å². The van der Waals surface area contributed by atoms with Crippen LogP contribution in [-0.4, -0.2) is 112 Å². The monoisotopic (exact) mass is 684 g/mol. The first-order valence-corrected chi connectivity index (χ1v) is 15.2. The largest absolute Gasteiger partial charge is 0.483 e. The van der Waals surface area contributed by atoms with Crippen LogP contribution < -0.4 is 30.3 Å². The highest BCUT2D eigenvalue weighted by Crippen LogP contribution is 2.42. The number of nitro groups is 2. The van der Waals surface area contributed by atoms with Crippen molar-refractivity contribution in [1.82, 2.24) is 9.80 Å². The Labute approximate surface area is 276 Å². The molecule has 0 aromatic heterocycles. The number of carbonyl (C=O) groups is 1. The minimum Gasteiger partial charge on any atom is -0.483 e. The smallest absolute Gasteiger partial charge is 0.471 e. The third kappa shape index (κ3) is 11.3. The van der Waals surface area contributed by atoms with Crippen molar-refractivity contribution in [2.45, 2.75) is 44.1 Å². The summed E-state index contributed by atoms with van der Waals surface area (Å²) in [6.07, 6.45) is -1.73. The molecule has 0 radical (unpaired) electrons. The lowest BCUT2D eigenvalue weighted by Gasteiger charge is -2.25. The van der Waals surface area contributed by atoms with E-state index in [1.165, 1.54) is 12.1 Å². The molecule has 0 aliphatic heterocycles. The number of hydrogen-bond donors (Lipinski definition) is 2. The molecule has 0 atom stereocenters. The number of hydrogen-bond acceptors (Lipinski definition) is 12. The van der Waals surface area contributed by atoms with E-state index in [9.17, 15) is 38.2 Å². The SMILES string of the molecule is CN(C)CCN(C)c1cc(OC2CC2)c([N+](=O)[O-])cc1N.CN(C)CCN(C)c1cc(OC2CC2)c([N+](=O)[O-])cc1NC(=O)C(F)(F)F. The van der Waals surface area contributed by atoms with Crippen LogP contribution in [0.15, 0.2) is 24.3 Å². The number of nitro benzene ring substituents is 2. The van der Waals surface area contributed by atoms with Crippen LogP contribution in [0.25, 0.3) is 0 Å². The summed E-state index contributed by atoms with van der Waals surface area (Å²) < 4.78 is 49.2. The molecule has 2 aliphatic rings. The zero-order valence-corrected chi connectivity index (χ0v) is 27.9. The predicted octanol–water partition coefficient (Wildman–Crippen LogP) is 4.35. The summed E-state index contributed by atoms with van der Waals surface area (Å²) >= 11 is 0. The Morgan fingerprint density at radius 1 is 0.792 bits per heavy atom. The van der Waals surface area contributed by atoms with E-state index in [-0.39, 0.29) is 35.0 Å². The fourth-order valence-corrected chi connectivity index (χ4v) is 4.22. The second kappa shape index (κ2) is 16.0. The molecule has 2 aliphatic carbocycles. The number of nitrogens with one attached hydrogen (secondary N) is 1. The van der Waals surface area contributed by atoms with E-state index in [2.05, 4.69) is 4.90 Å². The summed E-state index contributed by atoms with van der Waals surface area (Å²) in [4.78, 5) is 40.2. The normalized spacial score (nSPS) is 14.2. The zero-order valence-electron chi connectivity index (χ0n) is 27.9. The van der Waals surface area contributed by atoms with Gasteiger partial charge in [-0.25, -0.2) is 0 Å². The second-order valence-corrected chi connectivity index (χ2v) is 12.3. The number of anilines is 4. The molecule has 48 heavy (non-hydrogen) atoms. The first kappa shape index (κ1) is 37.9. The number of nitrogens with zero attached hydrogens (tertiary/aromatic N) is 6. The van der Waals surface area contributed by atoms with Crippen LogP contribution in [0, 0.1) is 20.2 Å². The van der Waals surface area contributed by atoms with Gasteiger partial charge in [0.1, 0.15) is 0 Å². The average Bonchev–Trinajstić information content (AvgIpc) is 3.93. The van der Waals surface area contributed by atoms with E-state index < -0.39 is 27.6 Å². The van der Waals surface area contributed by atoms with Crippen LogP contribution >= 0.6 is 0 Å². The Kier molecular flexibility index (Phi) is 12.6. The number of likely N-dealkylation sites (N-methyl/N-ethyl adjacent to an activating group) is 4. The Morgan fingerprint density at radius 2 is 1.21 bits per heavy atom. The van der Waals surface area contributed by atoms with Crippen molar-refractivity contribution >= 4 is 40.0 Å². The number of alkyl halides is 3. The number of nitrogens with two attached hydrogens (primary N) is 1. The standard InChI is InChI=1S/C16H21F3N4O4.C14H22N4O3/c1-21(2)6-7-22(3)12-9-14(27-10-4-5-10)13(23(25)26)8-11(12)20-15(24)16(17,18)19;1-16(2)6-7-17(3)12-9-14(21-10-4-5-10)13(18(19)20)8-11(12)15/h8-10H,4-7H2,1-3H3,(H,20,24);8-10H,4-7,15H2,1-3H3. The summed E-state index contributed by atoms with van der Waals surface area (Å²) in [6, 6.07) is 5.28. The number of carbonyl (C=O) groups excluding carboxylic acids is 1. The maximum absolute atomic E-state index is 12.6. The summed E-state index contributed by atoms with van der Waals surface area (Å²) in [5.74, 6) is -1.92. The molecule has 2 aromatic carbocycles. The first-order chi connectivity index (χ1) is 22.4. The van der Waals surface area contributed by atoms with Gasteiger partial charge in [0, 0.05) is 64.5 Å². The first-order valence-electron chi connectivity index (χ1n) is 15.2. The topological polar surface area (TPSA) is 173 Å². The highest BCUT2D eigenvalue weighted by atomic mass is 19.4. The lowest BCUT2D eigenvalue weighted by molar-refractivity contribution is -0.386. The molecule has 2 saturated carbocycles. The Morgan fingerprint density at radius 3 is 1.60 bits per heavy atom. The van der Waals surface area contributed by atoms with Gasteiger partial charge in [-0.2, -0.15) is 13.2 Å². The highest BCUT2D eigenvalue weighted by molar-refractivity contribution is 5.98. The van der Waals surface area contributed by atoms with Gasteiger partial charge in [-0.3, -0.25) is 25.0 Å². The quantitative estimate of drug-likeness (QED) is 0.155. The second-order valence-electron chi connectivity index (χ2n) is 12.3. The van der Waals surface area contributed by atoms with Gasteiger partial charge in [0.05, 0.1) is 44.8 Å². The van der Waals surface area contributed by atoms with Gasteiger partial charge in [-0.15, -0.1) is 0 Å². The van der Waals surface area contributed by atoms with Crippen molar-refractivity contribution in [2.75, 3.05) is 89.3 Å². The minimum atomic E-state index is -5.11. The lowest BCUT2D eigenvalue weighted by atomic mass is 10.2. The molecule has 4 rings (SSSR count). The van der Waals surface area contributed by atoms with Gasteiger partial charge in [0.25, 0.3) is 0 Å². The lowest BCUT2D eigenvalue weighted by Crippen LogP contribution is -2.32. The zero-order chi connectivity index (χ0) is 35.9. The summed E-state index contributed by atoms with van der Waals surface area (Å²) in [6.45, 7) is 2.64. The fourth-order valence-electron chi connectivity index (χ4n) is 4.22. The molecule has 2 aromatic rings. The molecule has 1 amide bonds. The van der Waals surface area contributed by atoms with E-state index >= 15 is 0 Å². The number of rotatable bonds is 15. The molecule has 0 bridgehead atoms. The molecular weight excluding hydrogens is 641 g/mol. The van der Waals surface area contributed by atoms with Crippen LogP contribution in [0.4, 0.5) is 47.3 Å². The van der Waals surface area contributed by atoms with Crippen molar-refractivity contribution in [3.63, 3.8) is 0 Å². The van der Waals surface area contributed by atoms with Gasteiger partial charge in [0.2, 0.25) is 0 Å². The van der Waals surface area contributed by atoms with Crippen LogP contribution in [0.2, 0.25) is 0 Å². The molecule has 18 heteroatoms. The van der Waals surface area contributed by atoms with Crippen molar-refractivity contribution in [3.05, 3.63) is 44.5 Å². The third-order valence-electron chi connectivity index (χ3n) is 7.31. The maximum Gasteiger partial charge on any atom is 0.471 e. The van der Waals surface area contributed by atoms with E-state index in [1.807, 2.05) is 45.0 Å². The minimum absolute atomic E-state index is 0.0285. The molecule has 0 unspecified atom stereocenters. The van der Waals surface area contributed by atoms with Crippen molar-refractivity contribution < 1.29 is 37.3 Å². The molecule has 266 valence electrons. The van der Waals surface area contributed by atoms with Gasteiger partial charge >= 0.3 is 23.5 Å². The predicted molar refractivity (Wildman–Crippen MR) is 176 cm³/mol. The van der Waals surface area contributed by atoms with Crippen LogP contribution in [-0.2, 0) is 4.79 Å². The number of nitrogen functional groups attached to an aromatic ring is 1. The fraction of sp³-hybridized carbons (Fsp3) is 0.567. The van der Waals surface area contributed by atoms with Gasteiger partial charge < -0.3 is 40.1 Å². The number of amides is 1. The van der Waals surface area contributed by atoms with Gasteiger partial charge in [0.15, 0.2) is 11.5 Å². The summed E-state index contributed by atoms with van der Waals surface area (Å²) in [5, 5.41) is 24.2. The number of ether oxygens (including phenoxy) is 2. The Bertz CT molecular complexity index is 1470. The number of halogens is 3. The van der Waals surface area contributed by atoms with Crippen LogP contribution in [0.1, 0.15) is 25.7 Å². The van der Waals surface area contributed by atoms with Crippen LogP contribution in [0.3, 0.4) is 0 Å². The molecule has 0 heterocycles. The van der Waals surface area contributed by atoms with E-state index in [1.54, 1.807) is 23.3 Å². The molecule has 0 spiro atoms.